The van der Waals surface area contributed by atoms with Crippen LogP contribution in [0, 0.1) is 11.8 Å². The second-order valence-corrected chi connectivity index (χ2v) is 5.07. The second kappa shape index (κ2) is 7.20. The Kier molecular flexibility index (Phi) is 5.91. The van der Waals surface area contributed by atoms with Gasteiger partial charge in [0.1, 0.15) is 0 Å². The fourth-order valence-corrected chi connectivity index (χ4v) is 2.38. The third-order valence-corrected chi connectivity index (χ3v) is 3.38. The number of carbonyl (C=O) groups is 2. The smallest absolute Gasteiger partial charge is 0.328 e. The summed E-state index contributed by atoms with van der Waals surface area (Å²) in [5, 5.41) is 22.3. The first-order valence-electron chi connectivity index (χ1n) is 6.41. The maximum absolute atomic E-state index is 11.4. The van der Waals surface area contributed by atoms with Crippen LogP contribution in [0.4, 0.5) is 4.79 Å². The first kappa shape index (κ1) is 14.8. The van der Waals surface area contributed by atoms with Crippen LogP contribution >= 0.6 is 0 Å². The number of hydrogen-bond acceptors (Lipinski definition) is 3. The molecular weight excluding hydrogens is 236 g/mol. The zero-order chi connectivity index (χ0) is 13.5. The molecule has 1 aliphatic carbocycles. The van der Waals surface area contributed by atoms with E-state index in [0.29, 0.717) is 18.4 Å². The maximum Gasteiger partial charge on any atom is 0.328 e. The van der Waals surface area contributed by atoms with Crippen molar-refractivity contribution in [3.63, 3.8) is 0 Å². The van der Waals surface area contributed by atoms with Gasteiger partial charge in [0.25, 0.3) is 0 Å². The standard InChI is InChI=1S/C12H22N2O4/c1-8-3-2-4-9(5-8)6-13-12(18)14-10(7-15)11(16)17/h8-10,15H,2-7H2,1H3,(H,16,17)(H2,13,14,18)/t8?,9?,10-/m1/s1. The lowest BCUT2D eigenvalue weighted by molar-refractivity contribution is -0.140. The van der Waals surface area contributed by atoms with Gasteiger partial charge < -0.3 is 20.8 Å². The summed E-state index contributed by atoms with van der Waals surface area (Å²) in [6.07, 6.45) is 4.63. The van der Waals surface area contributed by atoms with E-state index < -0.39 is 24.6 Å². The number of carboxylic acids is 1. The summed E-state index contributed by atoms with van der Waals surface area (Å²) in [5.74, 6) is -0.0753. The van der Waals surface area contributed by atoms with Gasteiger partial charge in [0.15, 0.2) is 6.04 Å². The molecule has 6 nitrogen and oxygen atoms in total. The van der Waals surface area contributed by atoms with Crippen LogP contribution in [0.25, 0.3) is 0 Å². The number of carboxylic acid groups (broad SMARTS) is 1. The highest BCUT2D eigenvalue weighted by Crippen LogP contribution is 2.27. The van der Waals surface area contributed by atoms with Gasteiger partial charge in [0.05, 0.1) is 6.61 Å². The van der Waals surface area contributed by atoms with Gasteiger partial charge >= 0.3 is 12.0 Å². The number of hydrogen-bond donors (Lipinski definition) is 4. The van der Waals surface area contributed by atoms with Crippen LogP contribution in [0.15, 0.2) is 0 Å². The SMILES string of the molecule is CC1CCCC(CNC(=O)N[C@H](CO)C(=O)O)C1. The Morgan fingerprint density at radius 2 is 2.11 bits per heavy atom. The number of amides is 2. The average molecular weight is 258 g/mol. The summed E-state index contributed by atoms with van der Waals surface area (Å²) in [5.41, 5.74) is 0. The van der Waals surface area contributed by atoms with Gasteiger partial charge in [-0.1, -0.05) is 19.8 Å². The zero-order valence-electron chi connectivity index (χ0n) is 10.7. The number of carbonyl (C=O) groups excluding carboxylic acids is 1. The van der Waals surface area contributed by atoms with Gasteiger partial charge in [-0.3, -0.25) is 0 Å². The molecule has 1 aliphatic rings. The first-order valence-corrected chi connectivity index (χ1v) is 6.41. The van der Waals surface area contributed by atoms with Crippen LogP contribution in [0.5, 0.6) is 0 Å². The Balaban J connectivity index is 2.25. The lowest BCUT2D eigenvalue weighted by Crippen LogP contribution is -2.48. The first-order chi connectivity index (χ1) is 8.52. The van der Waals surface area contributed by atoms with E-state index in [4.69, 9.17) is 10.2 Å². The minimum Gasteiger partial charge on any atom is -0.480 e. The summed E-state index contributed by atoms with van der Waals surface area (Å²) in [7, 11) is 0. The van der Waals surface area contributed by atoms with Crippen molar-refractivity contribution in [2.24, 2.45) is 11.8 Å². The molecule has 2 amide bonds. The fourth-order valence-electron chi connectivity index (χ4n) is 2.38. The van der Waals surface area contributed by atoms with E-state index in [1.54, 1.807) is 0 Å². The van der Waals surface area contributed by atoms with E-state index in [9.17, 15) is 9.59 Å². The van der Waals surface area contributed by atoms with Crippen molar-refractivity contribution in [2.45, 2.75) is 38.6 Å². The van der Waals surface area contributed by atoms with Gasteiger partial charge in [0, 0.05) is 6.54 Å². The van der Waals surface area contributed by atoms with Crippen molar-refractivity contribution in [3.8, 4) is 0 Å². The van der Waals surface area contributed by atoms with Gasteiger partial charge in [-0.15, -0.1) is 0 Å². The molecule has 0 spiro atoms. The Bertz CT molecular complexity index is 296. The molecule has 104 valence electrons. The molecule has 3 atom stereocenters. The monoisotopic (exact) mass is 258 g/mol. The van der Waals surface area contributed by atoms with Crippen LogP contribution < -0.4 is 10.6 Å². The van der Waals surface area contributed by atoms with E-state index in [1.165, 1.54) is 12.8 Å². The lowest BCUT2D eigenvalue weighted by Gasteiger charge is -2.27. The topological polar surface area (TPSA) is 98.7 Å². The number of urea groups is 1. The molecule has 0 radical (unpaired) electrons. The molecule has 0 aromatic rings. The fraction of sp³-hybridized carbons (Fsp3) is 0.833. The predicted octanol–water partition coefficient (Wildman–Crippen LogP) is 0.557. The predicted molar refractivity (Wildman–Crippen MR) is 66.2 cm³/mol. The van der Waals surface area contributed by atoms with Crippen LogP contribution in [-0.2, 0) is 4.79 Å². The molecule has 4 N–H and O–H groups in total. The van der Waals surface area contributed by atoms with E-state index in [0.717, 1.165) is 12.8 Å². The summed E-state index contributed by atoms with van der Waals surface area (Å²) in [6, 6.07) is -1.77. The number of rotatable bonds is 5. The van der Waals surface area contributed by atoms with Gasteiger partial charge in [-0.05, 0) is 24.7 Å². The third-order valence-electron chi connectivity index (χ3n) is 3.38. The van der Waals surface area contributed by atoms with Crippen LogP contribution in [0.3, 0.4) is 0 Å². The molecule has 6 heteroatoms. The molecule has 2 unspecified atom stereocenters. The molecule has 0 aromatic carbocycles. The normalized spacial score (nSPS) is 25.2. The Morgan fingerprint density at radius 1 is 1.39 bits per heavy atom. The number of aliphatic hydroxyl groups excluding tert-OH is 1. The summed E-state index contributed by atoms with van der Waals surface area (Å²) >= 11 is 0. The maximum atomic E-state index is 11.4. The summed E-state index contributed by atoms with van der Waals surface area (Å²) < 4.78 is 0. The van der Waals surface area contributed by atoms with E-state index in [-0.39, 0.29) is 0 Å². The van der Waals surface area contributed by atoms with Crippen LogP contribution in [0.1, 0.15) is 32.6 Å². The largest absolute Gasteiger partial charge is 0.480 e. The quantitative estimate of drug-likeness (QED) is 0.579. The van der Waals surface area contributed by atoms with Crippen molar-refractivity contribution in [1.82, 2.24) is 10.6 Å². The molecule has 0 heterocycles. The highest BCUT2D eigenvalue weighted by atomic mass is 16.4. The molecular formula is C12H22N2O4. The molecule has 0 saturated heterocycles. The van der Waals surface area contributed by atoms with Crippen LogP contribution in [-0.4, -0.2) is 41.4 Å². The Labute approximate surface area is 107 Å². The van der Waals surface area contributed by atoms with Crippen molar-refractivity contribution in [1.29, 1.82) is 0 Å². The van der Waals surface area contributed by atoms with E-state index in [1.807, 2.05) is 0 Å². The number of aliphatic hydroxyl groups is 1. The molecule has 0 aliphatic heterocycles. The molecule has 0 bridgehead atoms. The molecule has 0 aromatic heterocycles. The Hall–Kier alpha value is -1.30. The summed E-state index contributed by atoms with van der Waals surface area (Å²) in [4.78, 5) is 22.1. The van der Waals surface area contributed by atoms with E-state index in [2.05, 4.69) is 17.6 Å². The van der Waals surface area contributed by atoms with Crippen molar-refractivity contribution >= 4 is 12.0 Å². The van der Waals surface area contributed by atoms with Crippen molar-refractivity contribution in [3.05, 3.63) is 0 Å². The number of nitrogens with one attached hydrogen (secondary N) is 2. The van der Waals surface area contributed by atoms with Crippen LogP contribution in [0.2, 0.25) is 0 Å². The molecule has 1 saturated carbocycles. The second-order valence-electron chi connectivity index (χ2n) is 5.07. The average Bonchev–Trinajstić information content (AvgIpc) is 2.33. The molecule has 1 fully saturated rings. The minimum atomic E-state index is -1.24. The van der Waals surface area contributed by atoms with Gasteiger partial charge in [-0.2, -0.15) is 0 Å². The molecule has 18 heavy (non-hydrogen) atoms. The van der Waals surface area contributed by atoms with E-state index >= 15 is 0 Å². The highest BCUT2D eigenvalue weighted by Gasteiger charge is 2.21. The third kappa shape index (κ3) is 4.91. The minimum absolute atomic E-state index is 0.469. The lowest BCUT2D eigenvalue weighted by atomic mass is 9.82. The Morgan fingerprint density at radius 3 is 2.67 bits per heavy atom. The van der Waals surface area contributed by atoms with Gasteiger partial charge in [-0.25, -0.2) is 9.59 Å². The van der Waals surface area contributed by atoms with Gasteiger partial charge in [0.2, 0.25) is 0 Å². The summed E-state index contributed by atoms with van der Waals surface area (Å²) in [6.45, 7) is 2.16. The number of aliphatic carboxylic acids is 1. The van der Waals surface area contributed by atoms with Crippen molar-refractivity contribution < 1.29 is 19.8 Å². The highest BCUT2D eigenvalue weighted by molar-refractivity contribution is 5.82. The zero-order valence-corrected chi connectivity index (χ0v) is 10.7. The van der Waals surface area contributed by atoms with Crippen molar-refractivity contribution in [2.75, 3.05) is 13.2 Å². The molecule has 1 rings (SSSR count).